The quantitative estimate of drug-likeness (QED) is 0.650. The van der Waals surface area contributed by atoms with Crippen molar-refractivity contribution in [3.8, 4) is 0 Å². The highest BCUT2D eigenvalue weighted by Crippen LogP contribution is 2.05. The van der Waals surface area contributed by atoms with Crippen LogP contribution >= 0.6 is 0 Å². The summed E-state index contributed by atoms with van der Waals surface area (Å²) in [5.41, 5.74) is 1.23. The van der Waals surface area contributed by atoms with Gasteiger partial charge in [-0.1, -0.05) is 51.1 Å². The first-order valence-electron chi connectivity index (χ1n) is 4.82. The molecular weight excluding hydrogens is 160 g/mol. The number of carbonyl (C=O) groups is 1. The zero-order chi connectivity index (χ0) is 10.1. The molecule has 0 N–H and O–H groups in total. The van der Waals surface area contributed by atoms with Gasteiger partial charge in [0.15, 0.2) is 0 Å². The van der Waals surface area contributed by atoms with Gasteiger partial charge in [-0.05, 0) is 12.0 Å². The highest BCUT2D eigenvalue weighted by molar-refractivity contribution is 5.53. The SMILES string of the molecule is CC.C[C@H](C=O)Cc1ccccc1. The molecule has 13 heavy (non-hydrogen) atoms. The molecule has 0 spiro atoms. The second kappa shape index (κ2) is 7.53. The maximum Gasteiger partial charge on any atom is 0.123 e. The lowest BCUT2D eigenvalue weighted by molar-refractivity contribution is -0.110. The van der Waals surface area contributed by atoms with Gasteiger partial charge in [0.1, 0.15) is 6.29 Å². The maximum absolute atomic E-state index is 10.3. The van der Waals surface area contributed by atoms with E-state index < -0.39 is 0 Å². The third-order valence-corrected chi connectivity index (χ3v) is 1.63. The third kappa shape index (κ3) is 5.18. The Hall–Kier alpha value is -1.11. The first kappa shape index (κ1) is 11.9. The molecule has 0 radical (unpaired) electrons. The molecule has 1 atom stereocenters. The molecule has 1 heteroatoms. The predicted molar refractivity (Wildman–Crippen MR) is 56.7 cm³/mol. The highest BCUT2D eigenvalue weighted by Gasteiger charge is 1.99. The minimum atomic E-state index is 0.136. The number of hydrogen-bond acceptors (Lipinski definition) is 1. The Labute approximate surface area is 80.8 Å². The number of benzene rings is 1. The van der Waals surface area contributed by atoms with Crippen molar-refractivity contribution in [1.82, 2.24) is 0 Å². The normalized spacial score (nSPS) is 11.0. The molecule has 0 saturated carbocycles. The van der Waals surface area contributed by atoms with E-state index in [2.05, 4.69) is 0 Å². The predicted octanol–water partition coefficient (Wildman–Crippen LogP) is 3.09. The second-order valence-corrected chi connectivity index (χ2v) is 2.80. The van der Waals surface area contributed by atoms with Gasteiger partial charge in [-0.2, -0.15) is 0 Å². The summed E-state index contributed by atoms with van der Waals surface area (Å²) in [6.45, 7) is 5.93. The minimum absolute atomic E-state index is 0.136. The van der Waals surface area contributed by atoms with Crippen LogP contribution in [0.25, 0.3) is 0 Å². The lowest BCUT2D eigenvalue weighted by Gasteiger charge is -2.01. The van der Waals surface area contributed by atoms with E-state index in [4.69, 9.17) is 0 Å². The molecule has 0 heterocycles. The van der Waals surface area contributed by atoms with Crippen molar-refractivity contribution in [1.29, 1.82) is 0 Å². The van der Waals surface area contributed by atoms with E-state index in [1.54, 1.807) is 0 Å². The number of aldehydes is 1. The van der Waals surface area contributed by atoms with Crippen molar-refractivity contribution in [2.24, 2.45) is 5.92 Å². The Morgan fingerprint density at radius 1 is 1.23 bits per heavy atom. The van der Waals surface area contributed by atoms with Crippen LogP contribution in [0, 0.1) is 5.92 Å². The van der Waals surface area contributed by atoms with Crippen molar-refractivity contribution in [3.63, 3.8) is 0 Å². The van der Waals surface area contributed by atoms with E-state index in [0.29, 0.717) is 0 Å². The van der Waals surface area contributed by atoms with E-state index in [1.807, 2.05) is 51.1 Å². The fourth-order valence-electron chi connectivity index (χ4n) is 1.03. The fourth-order valence-corrected chi connectivity index (χ4v) is 1.03. The Kier molecular flexibility index (Phi) is 6.89. The van der Waals surface area contributed by atoms with E-state index in [9.17, 15) is 4.79 Å². The summed E-state index contributed by atoms with van der Waals surface area (Å²) in [5, 5.41) is 0. The molecule has 0 unspecified atom stereocenters. The van der Waals surface area contributed by atoms with Gasteiger partial charge >= 0.3 is 0 Å². The van der Waals surface area contributed by atoms with Crippen LogP contribution in [0.1, 0.15) is 26.3 Å². The molecule has 1 aromatic carbocycles. The van der Waals surface area contributed by atoms with Crippen LogP contribution in [-0.4, -0.2) is 6.29 Å². The van der Waals surface area contributed by atoms with Gasteiger partial charge in [0.2, 0.25) is 0 Å². The van der Waals surface area contributed by atoms with E-state index in [1.165, 1.54) is 5.56 Å². The van der Waals surface area contributed by atoms with Crippen LogP contribution in [-0.2, 0) is 11.2 Å². The number of carbonyl (C=O) groups excluding carboxylic acids is 1. The van der Waals surface area contributed by atoms with Gasteiger partial charge in [0.25, 0.3) is 0 Å². The molecule has 1 rings (SSSR count). The van der Waals surface area contributed by atoms with Crippen LogP contribution in [0.4, 0.5) is 0 Å². The lowest BCUT2D eigenvalue weighted by Crippen LogP contribution is -1.99. The van der Waals surface area contributed by atoms with Gasteiger partial charge in [0, 0.05) is 5.92 Å². The van der Waals surface area contributed by atoms with Crippen LogP contribution in [0.5, 0.6) is 0 Å². The first-order valence-corrected chi connectivity index (χ1v) is 4.82. The van der Waals surface area contributed by atoms with Crippen molar-refractivity contribution in [2.45, 2.75) is 27.2 Å². The molecular formula is C12H18O. The van der Waals surface area contributed by atoms with E-state index in [-0.39, 0.29) is 5.92 Å². The van der Waals surface area contributed by atoms with Gasteiger partial charge in [-0.25, -0.2) is 0 Å². The Balaban J connectivity index is 0.000000671. The van der Waals surface area contributed by atoms with Gasteiger partial charge < -0.3 is 4.79 Å². The lowest BCUT2D eigenvalue weighted by atomic mass is 10.0. The molecule has 0 aliphatic heterocycles. The third-order valence-electron chi connectivity index (χ3n) is 1.63. The van der Waals surface area contributed by atoms with E-state index in [0.717, 1.165) is 12.7 Å². The van der Waals surface area contributed by atoms with Crippen LogP contribution in [0.15, 0.2) is 30.3 Å². The van der Waals surface area contributed by atoms with Gasteiger partial charge in [0.05, 0.1) is 0 Å². The average Bonchev–Trinajstić information content (AvgIpc) is 2.22. The van der Waals surface area contributed by atoms with Crippen LogP contribution < -0.4 is 0 Å². The minimum Gasteiger partial charge on any atom is -0.303 e. The molecule has 0 bridgehead atoms. The molecule has 1 aromatic rings. The largest absolute Gasteiger partial charge is 0.303 e. The summed E-state index contributed by atoms with van der Waals surface area (Å²) >= 11 is 0. The monoisotopic (exact) mass is 178 g/mol. The molecule has 0 saturated heterocycles. The van der Waals surface area contributed by atoms with E-state index >= 15 is 0 Å². The summed E-state index contributed by atoms with van der Waals surface area (Å²) in [6.07, 6.45) is 1.84. The van der Waals surface area contributed by atoms with Crippen molar-refractivity contribution >= 4 is 6.29 Å². The standard InChI is InChI=1S/C10H12O.C2H6/c1-9(8-11)7-10-5-3-2-4-6-10;1-2/h2-6,8-9H,7H2,1H3;1-2H3/t9-;/m0./s1. The molecule has 0 amide bonds. The smallest absolute Gasteiger partial charge is 0.123 e. The topological polar surface area (TPSA) is 17.1 Å². The second-order valence-electron chi connectivity index (χ2n) is 2.80. The molecule has 0 fully saturated rings. The van der Waals surface area contributed by atoms with Crippen LogP contribution in [0.2, 0.25) is 0 Å². The average molecular weight is 178 g/mol. The zero-order valence-electron chi connectivity index (χ0n) is 8.66. The molecule has 1 nitrogen and oxygen atoms in total. The fraction of sp³-hybridized carbons (Fsp3) is 0.417. The molecule has 72 valence electrons. The van der Waals surface area contributed by atoms with Gasteiger partial charge in [-0.3, -0.25) is 0 Å². The maximum atomic E-state index is 10.3. The molecule has 0 aliphatic carbocycles. The van der Waals surface area contributed by atoms with Gasteiger partial charge in [-0.15, -0.1) is 0 Å². The zero-order valence-corrected chi connectivity index (χ0v) is 8.66. The first-order chi connectivity index (χ1) is 6.33. The molecule has 0 aromatic heterocycles. The Morgan fingerprint density at radius 3 is 2.23 bits per heavy atom. The summed E-state index contributed by atoms with van der Waals surface area (Å²) in [4.78, 5) is 10.3. The summed E-state index contributed by atoms with van der Waals surface area (Å²) < 4.78 is 0. The number of hydrogen-bond donors (Lipinski definition) is 0. The summed E-state index contributed by atoms with van der Waals surface area (Å²) in [6, 6.07) is 10.1. The molecule has 0 aliphatic rings. The highest BCUT2D eigenvalue weighted by atomic mass is 16.1. The summed E-state index contributed by atoms with van der Waals surface area (Å²) in [7, 11) is 0. The van der Waals surface area contributed by atoms with Crippen molar-refractivity contribution in [3.05, 3.63) is 35.9 Å². The number of rotatable bonds is 3. The van der Waals surface area contributed by atoms with Crippen LogP contribution in [0.3, 0.4) is 0 Å². The summed E-state index contributed by atoms with van der Waals surface area (Å²) in [5.74, 6) is 0.136. The van der Waals surface area contributed by atoms with Crippen molar-refractivity contribution in [2.75, 3.05) is 0 Å². The van der Waals surface area contributed by atoms with Crippen molar-refractivity contribution < 1.29 is 4.79 Å². The Morgan fingerprint density at radius 2 is 1.77 bits per heavy atom. The Bertz CT molecular complexity index is 216.